The minimum atomic E-state index is 0.399. The van der Waals surface area contributed by atoms with Crippen molar-refractivity contribution in [3.63, 3.8) is 0 Å². The van der Waals surface area contributed by atoms with Crippen LogP contribution in [-0.4, -0.2) is 11.5 Å². The molecule has 0 aliphatic heterocycles. The molecule has 2 aromatic rings. The lowest BCUT2D eigenvalue weighted by Crippen LogP contribution is -2.21. The predicted octanol–water partition coefficient (Wildman–Crippen LogP) is 4.30. The van der Waals surface area contributed by atoms with Gasteiger partial charge >= 0.3 is 0 Å². The molecule has 0 bridgehead atoms. The van der Waals surface area contributed by atoms with Crippen molar-refractivity contribution in [3.8, 4) is 0 Å². The summed E-state index contributed by atoms with van der Waals surface area (Å²) < 4.78 is 0. The molecule has 2 nitrogen and oxygen atoms in total. The summed E-state index contributed by atoms with van der Waals surface area (Å²) in [7, 11) is 0. The highest BCUT2D eigenvalue weighted by molar-refractivity contribution is 7.09. The molecule has 2 rings (SSSR count). The fraction of sp³-hybridized carbons (Fsp3) is 0.438. The molecule has 0 saturated heterocycles. The number of nitrogens with one attached hydrogen (secondary N) is 1. The highest BCUT2D eigenvalue weighted by atomic mass is 32.1. The maximum Gasteiger partial charge on any atom is 0.0798 e. The van der Waals surface area contributed by atoms with Crippen LogP contribution in [0.2, 0.25) is 0 Å². The molecule has 2 unspecified atom stereocenters. The van der Waals surface area contributed by atoms with Crippen molar-refractivity contribution in [3.05, 3.63) is 52.0 Å². The molecule has 1 aromatic carbocycles. The van der Waals surface area contributed by atoms with E-state index < -0.39 is 0 Å². The van der Waals surface area contributed by atoms with Gasteiger partial charge in [-0.2, -0.15) is 0 Å². The van der Waals surface area contributed by atoms with E-state index in [9.17, 15) is 0 Å². The summed E-state index contributed by atoms with van der Waals surface area (Å²) in [6.45, 7) is 7.62. The summed E-state index contributed by atoms with van der Waals surface area (Å²) in [5.74, 6) is 0.600. The van der Waals surface area contributed by atoms with Crippen LogP contribution in [0.4, 0.5) is 0 Å². The highest BCUT2D eigenvalue weighted by Gasteiger charge is 2.11. The molecule has 0 aliphatic carbocycles. The SMILES string of the molecule is Cc1ncsc1C(C)NCCC(C)c1ccccc1. The van der Waals surface area contributed by atoms with Gasteiger partial charge in [0.2, 0.25) is 0 Å². The lowest BCUT2D eigenvalue weighted by Gasteiger charge is -2.16. The topological polar surface area (TPSA) is 24.9 Å². The fourth-order valence-electron chi connectivity index (χ4n) is 2.28. The molecule has 0 radical (unpaired) electrons. The molecule has 1 heterocycles. The first kappa shape index (κ1) is 14.2. The molecule has 2 atom stereocenters. The molecule has 1 N–H and O–H groups in total. The van der Waals surface area contributed by atoms with Gasteiger partial charge in [0.1, 0.15) is 0 Å². The van der Waals surface area contributed by atoms with Gasteiger partial charge in [-0.25, -0.2) is 4.98 Å². The van der Waals surface area contributed by atoms with Gasteiger partial charge in [-0.05, 0) is 38.3 Å². The average Bonchev–Trinajstić information content (AvgIpc) is 2.86. The summed E-state index contributed by atoms with van der Waals surface area (Å²) >= 11 is 1.74. The first-order chi connectivity index (χ1) is 9.18. The van der Waals surface area contributed by atoms with Crippen molar-refractivity contribution in [2.75, 3.05) is 6.54 Å². The minimum absolute atomic E-state index is 0.399. The zero-order valence-corrected chi connectivity index (χ0v) is 12.7. The van der Waals surface area contributed by atoms with Crippen LogP contribution in [0.15, 0.2) is 35.8 Å². The van der Waals surface area contributed by atoms with Gasteiger partial charge < -0.3 is 5.32 Å². The third-order valence-corrected chi connectivity index (χ3v) is 4.69. The lowest BCUT2D eigenvalue weighted by atomic mass is 9.98. The first-order valence-corrected chi connectivity index (χ1v) is 7.74. The molecule has 0 amide bonds. The van der Waals surface area contributed by atoms with Crippen molar-refractivity contribution in [1.82, 2.24) is 10.3 Å². The summed E-state index contributed by atoms with van der Waals surface area (Å²) in [5, 5.41) is 3.60. The van der Waals surface area contributed by atoms with Gasteiger partial charge in [-0.3, -0.25) is 0 Å². The Labute approximate surface area is 119 Å². The predicted molar refractivity (Wildman–Crippen MR) is 82.7 cm³/mol. The van der Waals surface area contributed by atoms with Crippen molar-refractivity contribution in [1.29, 1.82) is 0 Å². The Kier molecular flexibility index (Phi) is 5.11. The van der Waals surface area contributed by atoms with E-state index in [2.05, 4.69) is 61.4 Å². The van der Waals surface area contributed by atoms with Gasteiger partial charge in [-0.1, -0.05) is 37.3 Å². The molecule has 0 saturated carbocycles. The number of rotatable bonds is 6. The number of benzene rings is 1. The van der Waals surface area contributed by atoms with E-state index >= 15 is 0 Å². The summed E-state index contributed by atoms with van der Waals surface area (Å²) in [5.41, 5.74) is 4.50. The van der Waals surface area contributed by atoms with Crippen LogP contribution >= 0.6 is 11.3 Å². The van der Waals surface area contributed by atoms with Crippen LogP contribution in [0.25, 0.3) is 0 Å². The van der Waals surface area contributed by atoms with Crippen LogP contribution < -0.4 is 5.32 Å². The molecule has 0 fully saturated rings. The van der Waals surface area contributed by atoms with Gasteiger partial charge in [0, 0.05) is 10.9 Å². The quantitative estimate of drug-likeness (QED) is 0.849. The van der Waals surface area contributed by atoms with Crippen LogP contribution in [0.3, 0.4) is 0 Å². The average molecular weight is 274 g/mol. The molecule has 1 aromatic heterocycles. The van der Waals surface area contributed by atoms with Gasteiger partial charge in [0.05, 0.1) is 11.2 Å². The summed E-state index contributed by atoms with van der Waals surface area (Å²) in [6, 6.07) is 11.1. The number of hydrogen-bond donors (Lipinski definition) is 1. The molecular formula is C16H22N2S. The van der Waals surface area contributed by atoms with Crippen molar-refractivity contribution in [2.24, 2.45) is 0 Å². The smallest absolute Gasteiger partial charge is 0.0798 e. The summed E-state index contributed by atoms with van der Waals surface area (Å²) in [6.07, 6.45) is 1.16. The van der Waals surface area contributed by atoms with E-state index in [1.54, 1.807) is 11.3 Å². The third-order valence-electron chi connectivity index (χ3n) is 3.57. The van der Waals surface area contributed by atoms with Gasteiger partial charge in [0.25, 0.3) is 0 Å². The van der Waals surface area contributed by atoms with E-state index in [-0.39, 0.29) is 0 Å². The Morgan fingerprint density at radius 2 is 1.95 bits per heavy atom. The van der Waals surface area contributed by atoms with Gasteiger partial charge in [0.15, 0.2) is 0 Å². The molecule has 0 spiro atoms. The van der Waals surface area contributed by atoms with Crippen molar-refractivity contribution >= 4 is 11.3 Å². The second kappa shape index (κ2) is 6.83. The minimum Gasteiger partial charge on any atom is -0.309 e. The maximum absolute atomic E-state index is 4.31. The Balaban J connectivity index is 1.79. The standard InChI is InChI=1S/C16H22N2S/c1-12(15-7-5-4-6-8-15)9-10-17-13(2)16-14(3)18-11-19-16/h4-8,11-13,17H,9-10H2,1-3H3. The highest BCUT2D eigenvalue weighted by Crippen LogP contribution is 2.22. The van der Waals surface area contributed by atoms with E-state index in [0.29, 0.717) is 12.0 Å². The van der Waals surface area contributed by atoms with Crippen LogP contribution in [0.5, 0.6) is 0 Å². The van der Waals surface area contributed by atoms with E-state index in [4.69, 9.17) is 0 Å². The monoisotopic (exact) mass is 274 g/mol. The molecular weight excluding hydrogens is 252 g/mol. The number of thiazole rings is 1. The Morgan fingerprint density at radius 3 is 2.58 bits per heavy atom. The zero-order valence-electron chi connectivity index (χ0n) is 11.9. The van der Waals surface area contributed by atoms with Gasteiger partial charge in [-0.15, -0.1) is 11.3 Å². The second-order valence-electron chi connectivity index (χ2n) is 5.08. The van der Waals surface area contributed by atoms with E-state index in [1.807, 2.05) is 5.51 Å². The maximum atomic E-state index is 4.31. The lowest BCUT2D eigenvalue weighted by molar-refractivity contribution is 0.534. The Bertz CT molecular complexity index is 492. The normalized spacial score (nSPS) is 14.3. The van der Waals surface area contributed by atoms with Crippen LogP contribution in [0.1, 0.15) is 48.4 Å². The van der Waals surface area contributed by atoms with Crippen LogP contribution in [-0.2, 0) is 0 Å². The largest absolute Gasteiger partial charge is 0.309 e. The van der Waals surface area contributed by atoms with E-state index in [1.165, 1.54) is 10.4 Å². The third kappa shape index (κ3) is 3.88. The Morgan fingerprint density at radius 1 is 1.21 bits per heavy atom. The molecule has 3 heteroatoms. The molecule has 0 aliphatic rings. The molecule has 102 valence electrons. The van der Waals surface area contributed by atoms with Crippen molar-refractivity contribution in [2.45, 2.75) is 39.2 Å². The Hall–Kier alpha value is -1.19. The zero-order chi connectivity index (χ0) is 13.7. The molecule has 19 heavy (non-hydrogen) atoms. The van der Waals surface area contributed by atoms with Crippen LogP contribution in [0, 0.1) is 6.92 Å². The number of aromatic nitrogens is 1. The van der Waals surface area contributed by atoms with Crippen molar-refractivity contribution < 1.29 is 0 Å². The summed E-state index contributed by atoms with van der Waals surface area (Å²) in [4.78, 5) is 5.66. The van der Waals surface area contributed by atoms with E-state index in [0.717, 1.165) is 18.7 Å². The first-order valence-electron chi connectivity index (χ1n) is 6.86. The second-order valence-corrected chi connectivity index (χ2v) is 5.96. The number of nitrogens with zero attached hydrogens (tertiary/aromatic N) is 1. The fourth-order valence-corrected chi connectivity index (χ4v) is 3.12. The number of hydrogen-bond acceptors (Lipinski definition) is 3. The number of aryl methyl sites for hydroxylation is 1.